The van der Waals surface area contributed by atoms with Crippen LogP contribution in [0.25, 0.3) is 0 Å². The molecule has 0 bridgehead atoms. The molecule has 1 saturated heterocycles. The number of halogens is 1. The third-order valence-electron chi connectivity index (χ3n) is 3.02. The van der Waals surface area contributed by atoms with E-state index in [1.165, 1.54) is 12.4 Å². The van der Waals surface area contributed by atoms with Crippen LogP contribution in [0.3, 0.4) is 0 Å². The Balaban J connectivity index is 2.11. The van der Waals surface area contributed by atoms with Crippen LogP contribution in [-0.2, 0) is 0 Å². The van der Waals surface area contributed by atoms with Gasteiger partial charge in [-0.25, -0.2) is 9.97 Å². The smallest absolute Gasteiger partial charge is 0.225 e. The topological polar surface area (TPSA) is 52.8 Å². The molecule has 0 amide bonds. The monoisotopic (exact) mass is 220 g/mol. The van der Waals surface area contributed by atoms with Gasteiger partial charge in [-0.1, -0.05) is 6.92 Å². The van der Waals surface area contributed by atoms with Crippen LogP contribution in [0.15, 0.2) is 12.4 Å². The molecule has 2 unspecified atom stereocenters. The van der Waals surface area contributed by atoms with E-state index in [2.05, 4.69) is 9.97 Å². The fourth-order valence-corrected chi connectivity index (χ4v) is 1.94. The molecule has 0 aliphatic carbocycles. The molecule has 5 heteroatoms. The van der Waals surface area contributed by atoms with Crippen molar-refractivity contribution in [3.8, 4) is 6.07 Å². The van der Waals surface area contributed by atoms with Crippen LogP contribution < -0.4 is 4.90 Å². The fraction of sp³-hybridized carbons (Fsp3) is 0.545. The summed E-state index contributed by atoms with van der Waals surface area (Å²) in [6.07, 6.45) is 2.99. The number of nitrogens with zero attached hydrogens (tertiary/aromatic N) is 4. The molecule has 0 N–H and O–H groups in total. The van der Waals surface area contributed by atoms with Crippen LogP contribution in [0, 0.1) is 23.2 Å². The minimum atomic E-state index is -0.298. The average Bonchev–Trinajstić information content (AvgIpc) is 2.71. The van der Waals surface area contributed by atoms with Gasteiger partial charge in [0.15, 0.2) is 0 Å². The summed E-state index contributed by atoms with van der Waals surface area (Å²) in [4.78, 5) is 10.2. The first-order chi connectivity index (χ1) is 7.74. The van der Waals surface area contributed by atoms with Crippen molar-refractivity contribution in [3.63, 3.8) is 0 Å². The first-order valence-electron chi connectivity index (χ1n) is 5.27. The molecule has 1 aromatic heterocycles. The second kappa shape index (κ2) is 4.44. The van der Waals surface area contributed by atoms with Crippen LogP contribution in [-0.4, -0.2) is 29.7 Å². The molecule has 2 atom stereocenters. The van der Waals surface area contributed by atoms with E-state index in [-0.39, 0.29) is 12.6 Å². The molecule has 2 heterocycles. The van der Waals surface area contributed by atoms with Gasteiger partial charge in [-0.05, 0) is 5.92 Å². The lowest BCUT2D eigenvalue weighted by Gasteiger charge is -2.14. The summed E-state index contributed by atoms with van der Waals surface area (Å²) in [5, 5.41) is 8.62. The van der Waals surface area contributed by atoms with Gasteiger partial charge in [-0.3, -0.25) is 4.39 Å². The maximum Gasteiger partial charge on any atom is 0.225 e. The Kier molecular flexibility index (Phi) is 3.00. The molecule has 16 heavy (non-hydrogen) atoms. The highest BCUT2D eigenvalue weighted by Gasteiger charge is 2.30. The van der Waals surface area contributed by atoms with Crippen LogP contribution in [0.5, 0.6) is 0 Å². The quantitative estimate of drug-likeness (QED) is 0.755. The van der Waals surface area contributed by atoms with Crippen LogP contribution in [0.4, 0.5) is 10.3 Å². The maximum atomic E-state index is 12.6. The Morgan fingerprint density at radius 3 is 2.69 bits per heavy atom. The molecule has 0 aromatic carbocycles. The van der Waals surface area contributed by atoms with Gasteiger partial charge in [0.2, 0.25) is 5.95 Å². The Labute approximate surface area is 93.7 Å². The lowest BCUT2D eigenvalue weighted by atomic mass is 10.0. The molecule has 4 nitrogen and oxygen atoms in total. The number of nitriles is 1. The molecule has 1 aliphatic heterocycles. The van der Waals surface area contributed by atoms with Crippen molar-refractivity contribution in [2.24, 2.45) is 11.8 Å². The largest absolute Gasteiger partial charge is 0.340 e. The van der Waals surface area contributed by atoms with Crippen molar-refractivity contribution in [3.05, 3.63) is 18.0 Å². The van der Waals surface area contributed by atoms with Gasteiger partial charge < -0.3 is 4.90 Å². The van der Waals surface area contributed by atoms with Crippen molar-refractivity contribution >= 4 is 5.95 Å². The van der Waals surface area contributed by atoms with Gasteiger partial charge in [-0.15, -0.1) is 0 Å². The molecule has 0 radical (unpaired) electrons. The maximum absolute atomic E-state index is 12.6. The van der Waals surface area contributed by atoms with E-state index in [1.54, 1.807) is 0 Å². The van der Waals surface area contributed by atoms with E-state index in [0.717, 1.165) is 6.54 Å². The minimum Gasteiger partial charge on any atom is -0.340 e. The third-order valence-corrected chi connectivity index (χ3v) is 3.02. The molecule has 2 rings (SSSR count). The van der Waals surface area contributed by atoms with Gasteiger partial charge in [0, 0.05) is 19.0 Å². The first kappa shape index (κ1) is 10.8. The molecule has 0 saturated carbocycles. The van der Waals surface area contributed by atoms with Crippen LogP contribution in [0.1, 0.15) is 12.5 Å². The van der Waals surface area contributed by atoms with Crippen LogP contribution >= 0.6 is 0 Å². The van der Waals surface area contributed by atoms with E-state index in [0.29, 0.717) is 24.0 Å². The summed E-state index contributed by atoms with van der Waals surface area (Å²) in [6.45, 7) is 3.17. The lowest BCUT2D eigenvalue weighted by molar-refractivity contribution is 0.329. The van der Waals surface area contributed by atoms with E-state index in [1.807, 2.05) is 17.9 Å². The Bertz CT molecular complexity index is 397. The van der Waals surface area contributed by atoms with Gasteiger partial charge in [0.05, 0.1) is 24.6 Å². The fourth-order valence-electron chi connectivity index (χ4n) is 1.94. The zero-order valence-corrected chi connectivity index (χ0v) is 9.10. The van der Waals surface area contributed by atoms with E-state index in [4.69, 9.17) is 5.26 Å². The van der Waals surface area contributed by atoms with Crippen molar-refractivity contribution in [2.75, 3.05) is 24.7 Å². The Morgan fingerprint density at radius 2 is 2.19 bits per heavy atom. The zero-order chi connectivity index (χ0) is 11.5. The normalized spacial score (nSPS) is 24.4. The molecular formula is C11H13FN4. The molecular weight excluding hydrogens is 207 g/mol. The summed E-state index contributed by atoms with van der Waals surface area (Å²) in [5.41, 5.74) is 0.443. The van der Waals surface area contributed by atoms with Crippen molar-refractivity contribution in [2.45, 2.75) is 6.92 Å². The van der Waals surface area contributed by atoms with E-state index < -0.39 is 0 Å². The zero-order valence-electron chi connectivity index (χ0n) is 9.10. The Morgan fingerprint density at radius 1 is 1.50 bits per heavy atom. The number of aromatic nitrogens is 2. The highest BCUT2D eigenvalue weighted by molar-refractivity contribution is 5.34. The summed E-state index contributed by atoms with van der Waals surface area (Å²) in [6, 6.07) is 1.97. The summed E-state index contributed by atoms with van der Waals surface area (Å²) >= 11 is 0. The molecule has 0 spiro atoms. The highest BCUT2D eigenvalue weighted by Crippen LogP contribution is 2.25. The van der Waals surface area contributed by atoms with Gasteiger partial charge in [-0.2, -0.15) is 5.26 Å². The van der Waals surface area contributed by atoms with Crippen molar-refractivity contribution < 1.29 is 4.39 Å². The van der Waals surface area contributed by atoms with Gasteiger partial charge in [0.1, 0.15) is 6.07 Å². The molecule has 1 aliphatic rings. The number of hydrogen-bond donors (Lipinski definition) is 0. The summed E-state index contributed by atoms with van der Waals surface area (Å²) < 4.78 is 12.6. The average molecular weight is 220 g/mol. The first-order valence-corrected chi connectivity index (χ1v) is 5.27. The number of anilines is 1. The van der Waals surface area contributed by atoms with Gasteiger partial charge in [0.25, 0.3) is 0 Å². The number of hydrogen-bond acceptors (Lipinski definition) is 4. The second-order valence-corrected chi connectivity index (χ2v) is 4.18. The standard InChI is InChI=1S/C11H13FN4/c1-8-6-16(7-10(8)2-12)11-14-4-9(3-13)5-15-11/h4-5,8,10H,2,6-7H2,1H3. The van der Waals surface area contributed by atoms with E-state index in [9.17, 15) is 4.39 Å². The highest BCUT2D eigenvalue weighted by atomic mass is 19.1. The number of rotatable bonds is 2. The SMILES string of the molecule is CC1CN(c2ncc(C#N)cn2)CC1CF. The van der Waals surface area contributed by atoms with E-state index >= 15 is 0 Å². The van der Waals surface area contributed by atoms with Crippen LogP contribution in [0.2, 0.25) is 0 Å². The summed E-state index contributed by atoms with van der Waals surface area (Å²) in [7, 11) is 0. The van der Waals surface area contributed by atoms with Crippen molar-refractivity contribution in [1.29, 1.82) is 5.26 Å². The second-order valence-electron chi connectivity index (χ2n) is 4.18. The lowest BCUT2D eigenvalue weighted by Crippen LogP contribution is -2.22. The number of alkyl halides is 1. The molecule has 1 aromatic rings. The predicted molar refractivity (Wildman–Crippen MR) is 57.6 cm³/mol. The van der Waals surface area contributed by atoms with Crippen molar-refractivity contribution in [1.82, 2.24) is 9.97 Å². The predicted octanol–water partition coefficient (Wildman–Crippen LogP) is 1.39. The summed E-state index contributed by atoms with van der Waals surface area (Å²) in [5.74, 6) is 0.977. The molecule has 1 fully saturated rings. The Hall–Kier alpha value is -1.70. The third kappa shape index (κ3) is 1.96. The minimum absolute atomic E-state index is 0.0687. The molecule has 84 valence electrons. The van der Waals surface area contributed by atoms with Gasteiger partial charge >= 0.3 is 0 Å².